The third-order valence-electron chi connectivity index (χ3n) is 5.00. The molecule has 2 aromatic carbocycles. The highest BCUT2D eigenvalue weighted by molar-refractivity contribution is 6.05. The molecule has 1 amide bonds. The van der Waals surface area contributed by atoms with Crippen LogP contribution in [0, 0.1) is 6.92 Å². The van der Waals surface area contributed by atoms with E-state index in [4.69, 9.17) is 4.42 Å². The molecule has 8 nitrogen and oxygen atoms in total. The number of para-hydroxylation sites is 1. The molecule has 0 radical (unpaired) electrons. The minimum absolute atomic E-state index is 0.120. The molecule has 31 heavy (non-hydrogen) atoms. The number of carboxylic acids is 1. The molecule has 0 bridgehead atoms. The van der Waals surface area contributed by atoms with Gasteiger partial charge in [0.2, 0.25) is 0 Å². The van der Waals surface area contributed by atoms with Crippen LogP contribution in [0.1, 0.15) is 45.0 Å². The summed E-state index contributed by atoms with van der Waals surface area (Å²) in [5.41, 5.74) is 2.55. The van der Waals surface area contributed by atoms with Crippen LogP contribution in [0.5, 0.6) is 0 Å². The molecule has 0 spiro atoms. The molecule has 2 heterocycles. The fourth-order valence-corrected chi connectivity index (χ4v) is 3.37. The van der Waals surface area contributed by atoms with Gasteiger partial charge in [-0.1, -0.05) is 18.2 Å². The zero-order valence-corrected chi connectivity index (χ0v) is 16.9. The van der Waals surface area contributed by atoms with Gasteiger partial charge in [0, 0.05) is 11.1 Å². The number of hydrogen-bond acceptors (Lipinski definition) is 6. The van der Waals surface area contributed by atoms with Crippen molar-refractivity contribution in [2.24, 2.45) is 0 Å². The van der Waals surface area contributed by atoms with Crippen LogP contribution in [0.3, 0.4) is 0 Å². The van der Waals surface area contributed by atoms with Crippen LogP contribution in [0.25, 0.3) is 10.9 Å². The van der Waals surface area contributed by atoms with Gasteiger partial charge in [0.05, 0.1) is 28.9 Å². The molecule has 1 atom stereocenters. The Morgan fingerprint density at radius 1 is 1.06 bits per heavy atom. The SMILES string of the molecule is Cc1occc1C(=O)Nc1cccc(C(C)Nc2ncnc3c(C(=O)O)cccc23)c1. The number of furan rings is 1. The third kappa shape index (κ3) is 4.09. The van der Waals surface area contributed by atoms with Crippen LogP contribution >= 0.6 is 0 Å². The first kappa shape index (κ1) is 20.1. The second kappa shape index (κ2) is 8.27. The Bertz CT molecular complexity index is 1280. The molecule has 1 unspecified atom stereocenters. The van der Waals surface area contributed by atoms with Crippen molar-refractivity contribution in [3.63, 3.8) is 0 Å². The number of benzene rings is 2. The highest BCUT2D eigenvalue weighted by Crippen LogP contribution is 2.27. The van der Waals surface area contributed by atoms with Gasteiger partial charge in [0.15, 0.2) is 0 Å². The molecular weight excluding hydrogens is 396 g/mol. The van der Waals surface area contributed by atoms with Gasteiger partial charge in [0.1, 0.15) is 17.9 Å². The highest BCUT2D eigenvalue weighted by Gasteiger charge is 2.15. The predicted octanol–water partition coefficient (Wildman–Crippen LogP) is 4.65. The third-order valence-corrected chi connectivity index (χ3v) is 5.00. The fourth-order valence-electron chi connectivity index (χ4n) is 3.37. The Balaban J connectivity index is 1.57. The van der Waals surface area contributed by atoms with E-state index >= 15 is 0 Å². The van der Waals surface area contributed by atoms with Crippen LogP contribution in [-0.2, 0) is 0 Å². The summed E-state index contributed by atoms with van der Waals surface area (Å²) in [5, 5.41) is 16.2. The first-order chi connectivity index (χ1) is 14.9. The second-order valence-corrected chi connectivity index (χ2v) is 7.07. The van der Waals surface area contributed by atoms with Crippen molar-refractivity contribution in [1.82, 2.24) is 9.97 Å². The van der Waals surface area contributed by atoms with Gasteiger partial charge in [-0.2, -0.15) is 0 Å². The largest absolute Gasteiger partial charge is 0.478 e. The van der Waals surface area contributed by atoms with Crippen LogP contribution in [0.4, 0.5) is 11.5 Å². The Kier molecular flexibility index (Phi) is 5.36. The summed E-state index contributed by atoms with van der Waals surface area (Å²) >= 11 is 0. The highest BCUT2D eigenvalue weighted by atomic mass is 16.4. The van der Waals surface area contributed by atoms with Crippen molar-refractivity contribution in [2.75, 3.05) is 10.6 Å². The Morgan fingerprint density at radius 2 is 1.87 bits per heavy atom. The van der Waals surface area contributed by atoms with Crippen LogP contribution in [0.2, 0.25) is 0 Å². The lowest BCUT2D eigenvalue weighted by atomic mass is 10.1. The number of hydrogen-bond donors (Lipinski definition) is 3. The number of nitrogens with zero attached hydrogens (tertiary/aromatic N) is 2. The first-order valence-electron chi connectivity index (χ1n) is 9.63. The van der Waals surface area contributed by atoms with Crippen molar-refractivity contribution >= 4 is 34.3 Å². The summed E-state index contributed by atoms with van der Waals surface area (Å²) in [6, 6.07) is 13.9. The van der Waals surface area contributed by atoms with Crippen molar-refractivity contribution < 1.29 is 19.1 Å². The van der Waals surface area contributed by atoms with Gasteiger partial charge >= 0.3 is 5.97 Å². The van der Waals surface area contributed by atoms with Crippen LogP contribution in [-0.4, -0.2) is 27.0 Å². The molecule has 0 aliphatic heterocycles. The number of rotatable bonds is 6. The summed E-state index contributed by atoms with van der Waals surface area (Å²) in [6.07, 6.45) is 2.82. The van der Waals surface area contributed by atoms with Crippen molar-refractivity contribution in [1.29, 1.82) is 0 Å². The lowest BCUT2D eigenvalue weighted by Crippen LogP contribution is -2.13. The Morgan fingerprint density at radius 3 is 2.61 bits per heavy atom. The van der Waals surface area contributed by atoms with Gasteiger partial charge in [-0.25, -0.2) is 14.8 Å². The number of carboxylic acid groups (broad SMARTS) is 1. The Hall–Kier alpha value is -4.20. The minimum atomic E-state index is -1.04. The number of fused-ring (bicyclic) bond motifs is 1. The Labute approximate surface area is 178 Å². The molecule has 0 fully saturated rings. The molecule has 0 aliphatic carbocycles. The summed E-state index contributed by atoms with van der Waals surface area (Å²) in [5.74, 6) is -0.198. The van der Waals surface area contributed by atoms with E-state index in [1.807, 2.05) is 31.2 Å². The monoisotopic (exact) mass is 416 g/mol. The maximum absolute atomic E-state index is 12.4. The molecule has 8 heteroatoms. The zero-order chi connectivity index (χ0) is 22.0. The molecule has 3 N–H and O–H groups in total. The number of amides is 1. The van der Waals surface area contributed by atoms with Crippen molar-refractivity contribution in [3.05, 3.63) is 83.6 Å². The van der Waals surface area contributed by atoms with Crippen molar-refractivity contribution in [2.45, 2.75) is 19.9 Å². The number of aryl methyl sites for hydroxylation is 1. The maximum atomic E-state index is 12.4. The van der Waals surface area contributed by atoms with E-state index in [1.54, 1.807) is 25.1 Å². The number of carbonyl (C=O) groups excluding carboxylic acids is 1. The maximum Gasteiger partial charge on any atom is 0.337 e. The van der Waals surface area contributed by atoms with Gasteiger partial charge in [-0.3, -0.25) is 4.79 Å². The quantitative estimate of drug-likeness (QED) is 0.419. The summed E-state index contributed by atoms with van der Waals surface area (Å²) in [4.78, 5) is 32.4. The average Bonchev–Trinajstić information content (AvgIpc) is 3.19. The minimum Gasteiger partial charge on any atom is -0.478 e. The molecule has 156 valence electrons. The van der Waals surface area contributed by atoms with E-state index in [2.05, 4.69) is 20.6 Å². The summed E-state index contributed by atoms with van der Waals surface area (Å²) in [7, 11) is 0. The molecule has 0 saturated carbocycles. The van der Waals surface area contributed by atoms with E-state index in [0.29, 0.717) is 33.7 Å². The normalized spacial score (nSPS) is 11.8. The van der Waals surface area contributed by atoms with E-state index in [1.165, 1.54) is 18.7 Å². The smallest absolute Gasteiger partial charge is 0.337 e. The number of anilines is 2. The number of carbonyl (C=O) groups is 2. The zero-order valence-electron chi connectivity index (χ0n) is 16.9. The van der Waals surface area contributed by atoms with E-state index in [-0.39, 0.29) is 17.5 Å². The van der Waals surface area contributed by atoms with Gasteiger partial charge in [0.25, 0.3) is 5.91 Å². The van der Waals surface area contributed by atoms with Gasteiger partial charge in [-0.05, 0) is 49.7 Å². The van der Waals surface area contributed by atoms with Crippen molar-refractivity contribution in [3.8, 4) is 0 Å². The topological polar surface area (TPSA) is 117 Å². The van der Waals surface area contributed by atoms with E-state index in [9.17, 15) is 14.7 Å². The molecule has 0 saturated heterocycles. The number of nitrogens with one attached hydrogen (secondary N) is 2. The lowest BCUT2D eigenvalue weighted by molar-refractivity contribution is 0.0698. The standard InChI is InChI=1S/C23H20N4O4/c1-13(26-21-18-7-4-8-19(23(29)30)20(18)24-12-25-21)15-5-3-6-16(11-15)27-22(28)17-9-10-31-14(17)2/h3-13H,1-2H3,(H,27,28)(H,29,30)(H,24,25,26). The fraction of sp³-hybridized carbons (Fsp3) is 0.130. The number of aromatic carboxylic acids is 1. The molecule has 0 aliphatic rings. The molecular formula is C23H20N4O4. The number of aromatic nitrogens is 2. The van der Waals surface area contributed by atoms with Gasteiger partial charge in [-0.15, -0.1) is 0 Å². The molecule has 4 rings (SSSR count). The molecule has 2 aromatic heterocycles. The first-order valence-corrected chi connectivity index (χ1v) is 9.63. The summed E-state index contributed by atoms with van der Waals surface area (Å²) in [6.45, 7) is 3.69. The lowest BCUT2D eigenvalue weighted by Gasteiger charge is -2.17. The predicted molar refractivity (Wildman–Crippen MR) is 116 cm³/mol. The van der Waals surface area contributed by atoms with Gasteiger partial charge < -0.3 is 20.2 Å². The average molecular weight is 416 g/mol. The van der Waals surface area contributed by atoms with Crippen LogP contribution < -0.4 is 10.6 Å². The van der Waals surface area contributed by atoms with E-state index < -0.39 is 5.97 Å². The summed E-state index contributed by atoms with van der Waals surface area (Å²) < 4.78 is 5.19. The van der Waals surface area contributed by atoms with E-state index in [0.717, 1.165) is 5.56 Å². The second-order valence-electron chi connectivity index (χ2n) is 7.07. The molecule has 4 aromatic rings. The van der Waals surface area contributed by atoms with Crippen LogP contribution in [0.15, 0.2) is 65.5 Å².